The third-order valence-corrected chi connectivity index (χ3v) is 7.84. The van der Waals surface area contributed by atoms with Crippen LogP contribution in [0.15, 0.2) is 21.9 Å². The average Bonchev–Trinajstić information content (AvgIpc) is 3.11. The van der Waals surface area contributed by atoms with Crippen LogP contribution in [0.1, 0.15) is 68.9 Å². The minimum Gasteiger partial charge on any atom is -0.475 e. The summed E-state index contributed by atoms with van der Waals surface area (Å²) in [5.74, 6) is 1.25. The fourth-order valence-corrected chi connectivity index (χ4v) is 6.08. The van der Waals surface area contributed by atoms with Gasteiger partial charge in [0.15, 0.2) is 6.23 Å². The van der Waals surface area contributed by atoms with Crippen molar-refractivity contribution in [1.82, 2.24) is 14.5 Å². The Hall–Kier alpha value is -2.87. The highest BCUT2D eigenvalue weighted by Crippen LogP contribution is 2.39. The van der Waals surface area contributed by atoms with Crippen molar-refractivity contribution in [3.8, 4) is 5.75 Å². The first-order valence-electron chi connectivity index (χ1n) is 12.6. The number of rotatable bonds is 7. The Bertz CT molecular complexity index is 1240. The van der Waals surface area contributed by atoms with Crippen LogP contribution < -0.4 is 27.0 Å². The summed E-state index contributed by atoms with van der Waals surface area (Å²) in [7, 11) is 0. The largest absolute Gasteiger partial charge is 0.475 e. The van der Waals surface area contributed by atoms with E-state index in [9.17, 15) is 9.59 Å². The average molecular weight is 466 g/mol. The zero-order valence-electron chi connectivity index (χ0n) is 20.0. The summed E-state index contributed by atoms with van der Waals surface area (Å²) in [6.07, 6.45) is 9.26. The summed E-state index contributed by atoms with van der Waals surface area (Å²) >= 11 is 0. The molecular formula is C26H35N5O3. The molecule has 1 aromatic carbocycles. The quantitative estimate of drug-likeness (QED) is 0.558. The molecule has 2 aliphatic heterocycles. The first-order valence-corrected chi connectivity index (χ1v) is 12.6. The summed E-state index contributed by atoms with van der Waals surface area (Å²) < 4.78 is 8.61. The van der Waals surface area contributed by atoms with E-state index >= 15 is 0 Å². The van der Waals surface area contributed by atoms with E-state index < -0.39 is 0 Å². The number of hydrogen-bond acceptors (Lipinski definition) is 5. The molecule has 2 aromatic rings. The highest BCUT2D eigenvalue weighted by atomic mass is 16.5. The van der Waals surface area contributed by atoms with Crippen LogP contribution in [0, 0.1) is 12.8 Å². The van der Waals surface area contributed by atoms with Gasteiger partial charge in [-0.15, -0.1) is 0 Å². The number of carbonyl (C=O) groups excluding carboxylic acids is 1. The van der Waals surface area contributed by atoms with Gasteiger partial charge in [0.05, 0.1) is 12.2 Å². The van der Waals surface area contributed by atoms with Crippen LogP contribution >= 0.6 is 0 Å². The molecule has 0 spiro atoms. The van der Waals surface area contributed by atoms with Gasteiger partial charge >= 0.3 is 0 Å². The van der Waals surface area contributed by atoms with Crippen molar-refractivity contribution in [3.63, 3.8) is 0 Å². The summed E-state index contributed by atoms with van der Waals surface area (Å²) in [4.78, 5) is 33.7. The predicted octanol–water partition coefficient (Wildman–Crippen LogP) is 2.22. The van der Waals surface area contributed by atoms with Crippen LogP contribution in [-0.2, 0) is 11.3 Å². The fourth-order valence-electron chi connectivity index (χ4n) is 6.08. The van der Waals surface area contributed by atoms with Gasteiger partial charge in [-0.1, -0.05) is 25.5 Å². The Morgan fingerprint density at radius 1 is 1.29 bits per heavy atom. The summed E-state index contributed by atoms with van der Waals surface area (Å²) in [5, 5.41) is 0.399. The highest BCUT2D eigenvalue weighted by Gasteiger charge is 2.37. The molecule has 8 heteroatoms. The molecule has 3 aliphatic rings. The first kappa shape index (κ1) is 22.9. The van der Waals surface area contributed by atoms with Crippen LogP contribution in [0.4, 0.5) is 5.69 Å². The Morgan fingerprint density at radius 3 is 2.91 bits per heavy atom. The van der Waals surface area contributed by atoms with Crippen molar-refractivity contribution in [2.24, 2.45) is 16.6 Å². The zero-order chi connectivity index (χ0) is 23.8. The van der Waals surface area contributed by atoms with Crippen LogP contribution in [0.3, 0.4) is 0 Å². The predicted molar refractivity (Wildman–Crippen MR) is 130 cm³/mol. The Labute approximate surface area is 199 Å². The Morgan fingerprint density at radius 2 is 2.09 bits per heavy atom. The van der Waals surface area contributed by atoms with Crippen molar-refractivity contribution >= 4 is 18.2 Å². The number of ether oxygens (including phenoxy) is 1. The van der Waals surface area contributed by atoms with Gasteiger partial charge in [0.2, 0.25) is 11.5 Å². The molecule has 5 rings (SSSR count). The molecule has 0 radical (unpaired) electrons. The molecule has 3 atom stereocenters. The van der Waals surface area contributed by atoms with Crippen LogP contribution in [0.25, 0.3) is 6.58 Å². The third kappa shape index (κ3) is 4.31. The van der Waals surface area contributed by atoms with E-state index in [0.717, 1.165) is 41.4 Å². The van der Waals surface area contributed by atoms with E-state index in [1.54, 1.807) is 0 Å². The maximum absolute atomic E-state index is 12.1. The van der Waals surface area contributed by atoms with Gasteiger partial charge in [0.1, 0.15) is 11.1 Å². The standard InChI is InChI=1S/C26H35N5O3/c1-16-12-13-21(19-15-31-17(2)25(33)29-26(31)28-24(16)19)34-23(11-5-10-22(27)32)30-14-6-8-18-7-3-4-9-20(18)30/h12-13,18,20,23H,2-11,14-15H2,1H3,(H2,27,32)(H,28,29,33). The molecule has 3 N–H and O–H groups in total. The van der Waals surface area contributed by atoms with E-state index in [1.807, 2.05) is 23.6 Å². The lowest BCUT2D eigenvalue weighted by Gasteiger charge is -2.47. The van der Waals surface area contributed by atoms with Gasteiger partial charge in [-0.2, -0.15) is 0 Å². The van der Waals surface area contributed by atoms with Crippen molar-refractivity contribution in [3.05, 3.63) is 44.6 Å². The lowest BCUT2D eigenvalue weighted by molar-refractivity contribution is -0.118. The number of amides is 1. The molecule has 3 heterocycles. The fraction of sp³-hybridized carbons (Fsp3) is 0.577. The number of aromatic nitrogens is 2. The highest BCUT2D eigenvalue weighted by molar-refractivity contribution is 5.73. The molecule has 0 bridgehead atoms. The first-order chi connectivity index (χ1) is 16.4. The number of hydrogen-bond donors (Lipinski definition) is 2. The maximum atomic E-state index is 12.1. The van der Waals surface area contributed by atoms with Crippen LogP contribution in [0.2, 0.25) is 0 Å². The van der Waals surface area contributed by atoms with E-state index in [1.165, 1.54) is 38.5 Å². The lowest BCUT2D eigenvalue weighted by atomic mass is 9.78. The SMILES string of the molecule is C=c1c(=O)[nH]c2n1Cc1c(OC(CCCC(N)=O)N3CCCC4CCCCC43)ccc(C)c1N=2. The second kappa shape index (κ2) is 9.41. The number of H-pyrrole nitrogens is 1. The van der Waals surface area contributed by atoms with Crippen LogP contribution in [0.5, 0.6) is 5.75 Å². The molecule has 8 nitrogen and oxygen atoms in total. The van der Waals surface area contributed by atoms with Crippen molar-refractivity contribution in [2.45, 2.75) is 83.5 Å². The third-order valence-electron chi connectivity index (χ3n) is 7.84. The summed E-state index contributed by atoms with van der Waals surface area (Å²) in [6.45, 7) is 7.45. The number of nitrogens with two attached hydrogens (primary N) is 1. The lowest BCUT2D eigenvalue weighted by Crippen LogP contribution is -2.53. The molecule has 1 saturated carbocycles. The van der Waals surface area contributed by atoms with E-state index in [4.69, 9.17) is 15.5 Å². The normalized spacial score (nSPS) is 22.7. The number of aromatic amines is 1. The van der Waals surface area contributed by atoms with Gasteiger partial charge in [-0.25, -0.2) is 4.99 Å². The van der Waals surface area contributed by atoms with Gasteiger partial charge in [-0.3, -0.25) is 19.5 Å². The van der Waals surface area contributed by atoms with Gasteiger partial charge < -0.3 is 15.0 Å². The van der Waals surface area contributed by atoms with Gasteiger partial charge in [-0.05, 0) is 63.0 Å². The number of likely N-dealkylation sites (tertiary alicyclic amines) is 1. The monoisotopic (exact) mass is 465 g/mol. The van der Waals surface area contributed by atoms with Crippen molar-refractivity contribution in [1.29, 1.82) is 0 Å². The second-order valence-electron chi connectivity index (χ2n) is 10.1. The van der Waals surface area contributed by atoms with Gasteiger partial charge in [0.25, 0.3) is 5.56 Å². The number of primary amides is 1. The van der Waals surface area contributed by atoms with E-state index in [0.29, 0.717) is 36.4 Å². The minimum atomic E-state index is -0.271. The second-order valence-corrected chi connectivity index (χ2v) is 10.1. The molecule has 1 aromatic heterocycles. The molecule has 182 valence electrons. The number of benzene rings is 1. The van der Waals surface area contributed by atoms with Crippen LogP contribution in [-0.4, -0.2) is 39.2 Å². The Kier molecular flexibility index (Phi) is 6.34. The number of nitrogens with one attached hydrogen (secondary N) is 1. The van der Waals surface area contributed by atoms with Crippen molar-refractivity contribution in [2.75, 3.05) is 6.54 Å². The molecule has 2 fully saturated rings. The Balaban J connectivity index is 1.47. The van der Waals surface area contributed by atoms with Crippen molar-refractivity contribution < 1.29 is 9.53 Å². The van der Waals surface area contributed by atoms with E-state index in [2.05, 4.69) is 16.5 Å². The topological polar surface area (TPSA) is 106 Å². The minimum absolute atomic E-state index is 0.121. The molecular weight excluding hydrogens is 430 g/mol. The zero-order valence-corrected chi connectivity index (χ0v) is 20.0. The smallest absolute Gasteiger partial charge is 0.274 e. The molecule has 1 aliphatic carbocycles. The number of imidazole rings is 1. The van der Waals surface area contributed by atoms with Gasteiger partial charge in [0, 0.05) is 24.6 Å². The molecule has 1 amide bonds. The number of fused-ring (bicyclic) bond motifs is 3. The number of carbonyl (C=O) groups is 1. The number of aryl methyl sites for hydroxylation is 1. The number of piperidine rings is 1. The summed E-state index contributed by atoms with van der Waals surface area (Å²) in [5.41, 5.74) is 8.62. The molecule has 1 saturated heterocycles. The summed E-state index contributed by atoms with van der Waals surface area (Å²) in [6, 6.07) is 4.58. The molecule has 34 heavy (non-hydrogen) atoms. The maximum Gasteiger partial charge on any atom is 0.274 e. The number of nitrogens with zero attached hydrogens (tertiary/aromatic N) is 3. The molecule has 3 unspecified atom stereocenters. The van der Waals surface area contributed by atoms with E-state index in [-0.39, 0.29) is 17.7 Å².